The first kappa shape index (κ1) is 15.3. The molecule has 0 spiro atoms. The third-order valence-corrected chi connectivity index (χ3v) is 5.42. The molecule has 0 N–H and O–H groups in total. The molecule has 0 amide bonds. The van der Waals surface area contributed by atoms with Gasteiger partial charge in [0.25, 0.3) is 0 Å². The highest BCUT2D eigenvalue weighted by molar-refractivity contribution is 7.99. The number of aromatic nitrogens is 5. The van der Waals surface area contributed by atoms with Crippen molar-refractivity contribution in [2.75, 3.05) is 12.3 Å². The largest absolute Gasteiger partial charge is 0.364 e. The summed E-state index contributed by atoms with van der Waals surface area (Å²) in [6, 6.07) is 10.4. The van der Waals surface area contributed by atoms with E-state index >= 15 is 0 Å². The van der Waals surface area contributed by atoms with Crippen molar-refractivity contribution in [2.45, 2.75) is 31.1 Å². The Morgan fingerprint density at radius 1 is 1.29 bits per heavy atom. The topological polar surface area (TPSA) is 72.9 Å². The van der Waals surface area contributed by atoms with E-state index in [-0.39, 0.29) is 0 Å². The molecule has 8 heteroatoms. The van der Waals surface area contributed by atoms with Crippen LogP contribution >= 0.6 is 11.8 Å². The molecule has 0 aliphatic carbocycles. The third-order valence-electron chi connectivity index (χ3n) is 4.26. The van der Waals surface area contributed by atoms with Gasteiger partial charge < -0.3 is 4.52 Å². The van der Waals surface area contributed by atoms with Crippen molar-refractivity contribution in [1.29, 1.82) is 0 Å². The number of benzene rings is 1. The molecular formula is C16H18N6OS. The van der Waals surface area contributed by atoms with Gasteiger partial charge in [0.05, 0.1) is 11.4 Å². The molecule has 0 bridgehead atoms. The molecular weight excluding hydrogens is 324 g/mol. The van der Waals surface area contributed by atoms with Gasteiger partial charge in [-0.2, -0.15) is 4.68 Å². The van der Waals surface area contributed by atoms with Gasteiger partial charge in [-0.15, -0.1) is 5.10 Å². The minimum atomic E-state index is 0.416. The van der Waals surface area contributed by atoms with Crippen molar-refractivity contribution in [3.05, 3.63) is 47.9 Å². The smallest absolute Gasteiger partial charge is 0.214 e. The van der Waals surface area contributed by atoms with Crippen molar-refractivity contribution in [1.82, 2.24) is 30.3 Å². The molecule has 3 heterocycles. The number of thioether (sulfide) groups is 1. The van der Waals surface area contributed by atoms with Gasteiger partial charge in [-0.1, -0.05) is 35.1 Å². The first-order chi connectivity index (χ1) is 11.8. The number of para-hydroxylation sites is 1. The van der Waals surface area contributed by atoms with Crippen LogP contribution in [-0.2, 0) is 13.0 Å². The molecule has 0 fully saturated rings. The lowest BCUT2D eigenvalue weighted by atomic mass is 10.1. The number of nitrogens with zero attached hydrogens (tertiary/aromatic N) is 6. The fraction of sp³-hybridized carbons (Fsp3) is 0.375. The van der Waals surface area contributed by atoms with E-state index < -0.39 is 0 Å². The summed E-state index contributed by atoms with van der Waals surface area (Å²) >= 11 is 1.68. The van der Waals surface area contributed by atoms with Crippen molar-refractivity contribution < 1.29 is 4.52 Å². The highest BCUT2D eigenvalue weighted by atomic mass is 32.2. The lowest BCUT2D eigenvalue weighted by Crippen LogP contribution is -2.38. The zero-order valence-electron chi connectivity index (χ0n) is 13.4. The molecule has 1 unspecified atom stereocenters. The second-order valence-electron chi connectivity index (χ2n) is 5.88. The van der Waals surface area contributed by atoms with Gasteiger partial charge in [0, 0.05) is 36.9 Å². The van der Waals surface area contributed by atoms with Crippen molar-refractivity contribution in [2.24, 2.45) is 0 Å². The van der Waals surface area contributed by atoms with Crippen molar-refractivity contribution in [3.8, 4) is 5.69 Å². The normalized spacial score (nSPS) is 16.0. The van der Waals surface area contributed by atoms with Crippen LogP contribution in [-0.4, -0.2) is 48.6 Å². The van der Waals surface area contributed by atoms with E-state index in [1.807, 2.05) is 30.3 Å². The van der Waals surface area contributed by atoms with Crippen LogP contribution in [0.25, 0.3) is 5.69 Å². The average molecular weight is 342 g/mol. The summed E-state index contributed by atoms with van der Waals surface area (Å²) in [5.41, 5.74) is 3.27. The van der Waals surface area contributed by atoms with Gasteiger partial charge in [0.2, 0.25) is 5.16 Å². The Hall–Kier alpha value is -2.19. The van der Waals surface area contributed by atoms with Crippen LogP contribution in [0, 0.1) is 0 Å². The molecule has 1 aliphatic rings. The number of rotatable bonds is 5. The quantitative estimate of drug-likeness (QED) is 0.658. The monoisotopic (exact) mass is 342 g/mol. The second-order valence-corrected chi connectivity index (χ2v) is 6.86. The molecule has 3 aromatic rings. The van der Waals surface area contributed by atoms with Crippen molar-refractivity contribution >= 4 is 11.8 Å². The lowest BCUT2D eigenvalue weighted by Gasteiger charge is -2.31. The molecule has 1 aliphatic heterocycles. The minimum absolute atomic E-state index is 0.416. The predicted molar refractivity (Wildman–Crippen MR) is 90.0 cm³/mol. The van der Waals surface area contributed by atoms with E-state index in [0.717, 1.165) is 41.8 Å². The molecule has 0 radical (unpaired) electrons. The van der Waals surface area contributed by atoms with Crippen molar-refractivity contribution in [3.63, 3.8) is 0 Å². The molecule has 7 nitrogen and oxygen atoms in total. The summed E-state index contributed by atoms with van der Waals surface area (Å²) in [6.45, 7) is 4.14. The Morgan fingerprint density at radius 2 is 2.17 bits per heavy atom. The van der Waals surface area contributed by atoms with E-state index in [1.54, 1.807) is 22.7 Å². The first-order valence-electron chi connectivity index (χ1n) is 7.94. The number of hydrogen-bond acceptors (Lipinski definition) is 7. The number of fused-ring (bicyclic) bond motifs is 1. The van der Waals surface area contributed by atoms with Crippen LogP contribution in [0.3, 0.4) is 0 Å². The fourth-order valence-electron chi connectivity index (χ4n) is 2.84. The summed E-state index contributed by atoms with van der Waals surface area (Å²) in [6.07, 6.45) is 2.71. The maximum absolute atomic E-state index is 5.07. The van der Waals surface area contributed by atoms with Crippen LogP contribution in [0.4, 0.5) is 0 Å². The first-order valence-corrected chi connectivity index (χ1v) is 8.92. The molecule has 124 valence electrons. The van der Waals surface area contributed by atoms with Gasteiger partial charge in [-0.3, -0.25) is 4.90 Å². The van der Waals surface area contributed by atoms with Crippen LogP contribution in [0.5, 0.6) is 0 Å². The van der Waals surface area contributed by atoms with E-state index in [0.29, 0.717) is 6.04 Å². The molecule has 0 saturated heterocycles. The standard InChI is InChI=1S/C16H18N6OS/c1-12(21-8-7-15-13(9-21)10-23-18-15)11-24-16-17-19-20-22(16)14-5-3-2-4-6-14/h2-6,10,12H,7-9,11H2,1H3. The maximum Gasteiger partial charge on any atom is 0.214 e. The summed E-state index contributed by atoms with van der Waals surface area (Å²) in [5.74, 6) is 0.924. The molecule has 0 saturated carbocycles. The highest BCUT2D eigenvalue weighted by Gasteiger charge is 2.23. The molecule has 24 heavy (non-hydrogen) atoms. The SMILES string of the molecule is CC(CSc1nnnn1-c1ccccc1)N1CCc2nocc2C1. The Balaban J connectivity index is 1.40. The zero-order chi connectivity index (χ0) is 16.4. The summed E-state index contributed by atoms with van der Waals surface area (Å²) in [4.78, 5) is 2.45. The van der Waals surface area contributed by atoms with Gasteiger partial charge in [0.15, 0.2) is 0 Å². The van der Waals surface area contributed by atoms with Gasteiger partial charge in [0.1, 0.15) is 6.26 Å². The third kappa shape index (κ3) is 3.07. The summed E-state index contributed by atoms with van der Waals surface area (Å²) in [5, 5.41) is 16.9. The second kappa shape index (κ2) is 6.74. The predicted octanol–water partition coefficient (Wildman–Crippen LogP) is 2.19. The molecule has 2 aromatic heterocycles. The molecule has 1 aromatic carbocycles. The molecule has 4 rings (SSSR count). The van der Waals surface area contributed by atoms with E-state index in [9.17, 15) is 0 Å². The summed E-state index contributed by atoms with van der Waals surface area (Å²) in [7, 11) is 0. The zero-order valence-corrected chi connectivity index (χ0v) is 14.2. The Labute approximate surface area is 144 Å². The lowest BCUT2D eigenvalue weighted by molar-refractivity contribution is 0.206. The Kier molecular flexibility index (Phi) is 4.31. The van der Waals surface area contributed by atoms with E-state index in [2.05, 4.69) is 32.5 Å². The van der Waals surface area contributed by atoms with Gasteiger partial charge in [-0.05, 0) is 29.5 Å². The summed E-state index contributed by atoms with van der Waals surface area (Å²) < 4.78 is 6.85. The molecule has 1 atom stereocenters. The van der Waals surface area contributed by atoms with Gasteiger partial charge >= 0.3 is 0 Å². The van der Waals surface area contributed by atoms with Crippen LogP contribution < -0.4 is 0 Å². The van der Waals surface area contributed by atoms with Crippen LogP contribution in [0.1, 0.15) is 18.2 Å². The number of tetrazole rings is 1. The Morgan fingerprint density at radius 3 is 3.04 bits per heavy atom. The van der Waals surface area contributed by atoms with E-state index in [1.165, 1.54) is 5.56 Å². The maximum atomic E-state index is 5.07. The van der Waals surface area contributed by atoms with Gasteiger partial charge in [-0.25, -0.2) is 0 Å². The fourth-order valence-corrected chi connectivity index (χ4v) is 3.80. The number of hydrogen-bond donors (Lipinski definition) is 0. The minimum Gasteiger partial charge on any atom is -0.364 e. The Bertz CT molecular complexity index is 802. The highest BCUT2D eigenvalue weighted by Crippen LogP contribution is 2.24. The van der Waals surface area contributed by atoms with Crippen LogP contribution in [0.2, 0.25) is 0 Å². The average Bonchev–Trinajstić information content (AvgIpc) is 3.28. The van der Waals surface area contributed by atoms with E-state index in [4.69, 9.17) is 4.52 Å². The van der Waals surface area contributed by atoms with Crippen LogP contribution in [0.15, 0.2) is 46.3 Å².